The van der Waals surface area contributed by atoms with Gasteiger partial charge in [-0.25, -0.2) is 14.6 Å². The minimum absolute atomic E-state index is 0.177. The molecule has 4 heterocycles. The summed E-state index contributed by atoms with van der Waals surface area (Å²) in [6.45, 7) is 8.87. The third kappa shape index (κ3) is 9.17. The number of nitrogens with zero attached hydrogens (tertiary/aromatic N) is 6. The summed E-state index contributed by atoms with van der Waals surface area (Å²) in [5.41, 5.74) is -3.66. The van der Waals surface area contributed by atoms with Gasteiger partial charge in [0.15, 0.2) is 0 Å². The van der Waals surface area contributed by atoms with Crippen LogP contribution in [0.1, 0.15) is 53.0 Å². The molecule has 1 fully saturated rings. The second-order valence-electron chi connectivity index (χ2n) is 12.6. The van der Waals surface area contributed by atoms with Crippen LogP contribution in [-0.4, -0.2) is 68.9 Å². The highest BCUT2D eigenvalue weighted by Crippen LogP contribution is 2.33. The molecule has 1 aliphatic heterocycles. The van der Waals surface area contributed by atoms with Crippen molar-refractivity contribution in [2.24, 2.45) is 0 Å². The van der Waals surface area contributed by atoms with Gasteiger partial charge >= 0.3 is 12.4 Å². The number of rotatable bonds is 11. The van der Waals surface area contributed by atoms with E-state index in [1.807, 2.05) is 0 Å². The van der Waals surface area contributed by atoms with Crippen LogP contribution in [0.3, 0.4) is 0 Å². The largest absolute Gasteiger partial charge is 0.423 e. The van der Waals surface area contributed by atoms with Crippen molar-refractivity contribution in [3.8, 4) is 0 Å². The van der Waals surface area contributed by atoms with Gasteiger partial charge in [-0.2, -0.15) is 31.4 Å². The Bertz CT molecular complexity index is 1540. The average molecular weight is 674 g/mol. The van der Waals surface area contributed by atoms with Gasteiger partial charge in [0.2, 0.25) is 0 Å². The first-order valence-electron chi connectivity index (χ1n) is 14.8. The average Bonchev–Trinajstić information content (AvgIpc) is 3.42. The summed E-state index contributed by atoms with van der Waals surface area (Å²) in [7, 11) is -1.42. The van der Waals surface area contributed by atoms with E-state index in [-0.39, 0.29) is 25.1 Å². The van der Waals surface area contributed by atoms with Crippen LogP contribution in [0.4, 0.5) is 32.0 Å². The molecule has 1 amide bonds. The summed E-state index contributed by atoms with van der Waals surface area (Å²) >= 11 is 0. The standard InChI is InChI=1S/C29H37F6N7O3Si/c1-19(39-23-15-38-42(18-45-11-12-46(2,3)4)27(44)24(23)29(33,34)35)16-40-8-5-21(17-40)26(43)41-9-6-20(7-10-41)25-36-13-22(14-37-25)28(30,31)32/h5,8,13-15,17,19-20,39H,6-7,9-12,16,18H2,1-4H3/t19-/m0/s1. The summed E-state index contributed by atoms with van der Waals surface area (Å²) in [5, 5.41) is 6.61. The highest BCUT2D eigenvalue weighted by Gasteiger charge is 2.39. The lowest BCUT2D eigenvalue weighted by Crippen LogP contribution is -2.38. The monoisotopic (exact) mass is 673 g/mol. The molecule has 1 saturated heterocycles. The number of carbonyl (C=O) groups is 1. The van der Waals surface area contributed by atoms with E-state index < -0.39 is 48.8 Å². The fourth-order valence-corrected chi connectivity index (χ4v) is 5.78. The van der Waals surface area contributed by atoms with Crippen molar-refractivity contribution >= 4 is 19.7 Å². The highest BCUT2D eigenvalue weighted by molar-refractivity contribution is 6.76. The molecule has 0 radical (unpaired) electrons. The van der Waals surface area contributed by atoms with E-state index in [2.05, 4.69) is 40.0 Å². The van der Waals surface area contributed by atoms with Gasteiger partial charge in [0, 0.05) is 71.1 Å². The van der Waals surface area contributed by atoms with Crippen LogP contribution < -0.4 is 10.9 Å². The van der Waals surface area contributed by atoms with Gasteiger partial charge in [0.05, 0.1) is 23.0 Å². The third-order valence-electron chi connectivity index (χ3n) is 7.57. The smallest absolute Gasteiger partial charge is 0.379 e. The van der Waals surface area contributed by atoms with Crippen molar-refractivity contribution in [1.29, 1.82) is 0 Å². The maximum absolute atomic E-state index is 13.9. The zero-order valence-corrected chi connectivity index (χ0v) is 27.0. The number of carbonyl (C=O) groups excluding carboxylic acids is 1. The molecule has 0 aliphatic carbocycles. The van der Waals surface area contributed by atoms with Crippen LogP contribution in [0.15, 0.2) is 41.8 Å². The molecule has 17 heteroatoms. The Balaban J connectivity index is 1.34. The number of piperidine rings is 1. The number of alkyl halides is 6. The Morgan fingerprint density at radius 3 is 2.30 bits per heavy atom. The first-order chi connectivity index (χ1) is 21.4. The first-order valence-corrected chi connectivity index (χ1v) is 18.5. The molecule has 0 saturated carbocycles. The number of halogens is 6. The predicted molar refractivity (Wildman–Crippen MR) is 160 cm³/mol. The Morgan fingerprint density at radius 2 is 1.72 bits per heavy atom. The zero-order valence-electron chi connectivity index (χ0n) is 26.0. The summed E-state index contributed by atoms with van der Waals surface area (Å²) in [5.74, 6) is -0.117. The fraction of sp³-hybridized carbons (Fsp3) is 0.552. The molecule has 1 aliphatic rings. The van der Waals surface area contributed by atoms with Crippen molar-refractivity contribution in [1.82, 2.24) is 29.2 Å². The maximum atomic E-state index is 13.9. The van der Waals surface area contributed by atoms with Crippen LogP contribution in [0, 0.1) is 0 Å². The first kappa shape index (κ1) is 35.1. The number of likely N-dealkylation sites (tertiary alicyclic amines) is 1. The van der Waals surface area contributed by atoms with E-state index in [4.69, 9.17) is 4.74 Å². The van der Waals surface area contributed by atoms with Crippen LogP contribution in [0.25, 0.3) is 0 Å². The molecule has 0 aromatic carbocycles. The van der Waals surface area contributed by atoms with E-state index in [0.717, 1.165) is 24.6 Å². The molecular formula is C29H37F6N7O3Si. The molecule has 3 aromatic rings. The summed E-state index contributed by atoms with van der Waals surface area (Å²) in [6.07, 6.45) is -2.77. The number of aromatic nitrogens is 5. The Kier molecular flexibility index (Phi) is 10.6. The van der Waals surface area contributed by atoms with Gasteiger partial charge in [-0.3, -0.25) is 9.59 Å². The number of ether oxygens (including phenoxy) is 1. The number of nitrogens with one attached hydrogen (secondary N) is 1. The molecule has 3 aromatic heterocycles. The quantitative estimate of drug-likeness (QED) is 0.158. The molecule has 1 atom stereocenters. The van der Waals surface area contributed by atoms with E-state index in [0.29, 0.717) is 48.6 Å². The normalized spacial score (nSPS) is 15.7. The fourth-order valence-electron chi connectivity index (χ4n) is 5.02. The minimum Gasteiger partial charge on any atom is -0.379 e. The molecule has 252 valence electrons. The molecular weight excluding hydrogens is 636 g/mol. The van der Waals surface area contributed by atoms with Gasteiger partial charge in [-0.1, -0.05) is 19.6 Å². The molecule has 0 unspecified atom stereocenters. The van der Waals surface area contributed by atoms with Gasteiger partial charge in [-0.05, 0) is 31.9 Å². The van der Waals surface area contributed by atoms with Crippen LogP contribution in [0.5, 0.6) is 0 Å². The summed E-state index contributed by atoms with van der Waals surface area (Å²) in [4.78, 5) is 35.2. The molecule has 1 N–H and O–H groups in total. The van der Waals surface area contributed by atoms with Crippen LogP contribution in [-0.2, 0) is 30.4 Å². The van der Waals surface area contributed by atoms with Crippen molar-refractivity contribution in [3.05, 3.63) is 69.9 Å². The van der Waals surface area contributed by atoms with Gasteiger partial charge in [0.1, 0.15) is 18.1 Å². The highest BCUT2D eigenvalue weighted by atomic mass is 28.3. The van der Waals surface area contributed by atoms with Crippen LogP contribution >= 0.6 is 0 Å². The topological polar surface area (TPSA) is 107 Å². The predicted octanol–water partition coefficient (Wildman–Crippen LogP) is 5.71. The van der Waals surface area contributed by atoms with Crippen molar-refractivity contribution in [3.63, 3.8) is 0 Å². The molecule has 10 nitrogen and oxygen atoms in total. The van der Waals surface area contributed by atoms with E-state index >= 15 is 0 Å². The lowest BCUT2D eigenvalue weighted by atomic mass is 9.95. The van der Waals surface area contributed by atoms with Crippen LogP contribution in [0.2, 0.25) is 25.7 Å². The lowest BCUT2D eigenvalue weighted by Gasteiger charge is -2.31. The zero-order chi connectivity index (χ0) is 33.9. The second kappa shape index (κ2) is 13.9. The van der Waals surface area contributed by atoms with Crippen molar-refractivity contribution in [2.75, 3.05) is 25.0 Å². The van der Waals surface area contributed by atoms with Gasteiger partial charge in [-0.15, -0.1) is 0 Å². The minimum atomic E-state index is -4.93. The third-order valence-corrected chi connectivity index (χ3v) is 9.27. The number of hydrogen-bond donors (Lipinski definition) is 1. The SMILES string of the molecule is C[C@@H](Cn1ccc(C(=O)N2CCC(c3ncc(C(F)(F)F)cn3)CC2)c1)Nc1cnn(COCC[Si](C)(C)C)c(=O)c1C(F)(F)F. The van der Waals surface area contributed by atoms with E-state index in [9.17, 15) is 35.9 Å². The lowest BCUT2D eigenvalue weighted by molar-refractivity contribution is -0.139. The summed E-state index contributed by atoms with van der Waals surface area (Å²) < 4.78 is 88.0. The van der Waals surface area contributed by atoms with Crippen molar-refractivity contribution in [2.45, 2.75) is 83.0 Å². The summed E-state index contributed by atoms with van der Waals surface area (Å²) in [6, 6.07) is 1.81. The van der Waals surface area contributed by atoms with Gasteiger partial charge in [0.25, 0.3) is 11.5 Å². The molecule has 46 heavy (non-hydrogen) atoms. The number of amides is 1. The van der Waals surface area contributed by atoms with Crippen molar-refractivity contribution < 1.29 is 35.9 Å². The van der Waals surface area contributed by atoms with E-state index in [1.54, 1.807) is 34.9 Å². The maximum Gasteiger partial charge on any atom is 0.423 e. The molecule has 0 spiro atoms. The van der Waals surface area contributed by atoms with E-state index in [1.165, 1.54) is 0 Å². The Hall–Kier alpha value is -3.73. The Labute approximate surface area is 262 Å². The number of hydrogen-bond acceptors (Lipinski definition) is 7. The van der Waals surface area contributed by atoms with Gasteiger partial charge < -0.3 is 19.5 Å². The number of anilines is 1. The molecule has 0 bridgehead atoms. The second-order valence-corrected chi connectivity index (χ2v) is 18.2. The Morgan fingerprint density at radius 1 is 1.07 bits per heavy atom. The molecule has 4 rings (SSSR count).